The molecule has 1 aliphatic rings. The molecule has 1 rings (SSSR count). The fourth-order valence-corrected chi connectivity index (χ4v) is 2.12. The Kier molecular flexibility index (Phi) is 7.67. The lowest BCUT2D eigenvalue weighted by Crippen LogP contribution is -2.56. The molecular weight excluding hydrogens is 222 g/mol. The molecule has 17 heavy (non-hydrogen) atoms. The summed E-state index contributed by atoms with van der Waals surface area (Å²) in [6.07, 6.45) is 1.01. The fourth-order valence-electron chi connectivity index (χ4n) is 2.12. The van der Waals surface area contributed by atoms with E-state index in [-0.39, 0.29) is 13.2 Å². The monoisotopic (exact) mass is 247 g/mol. The van der Waals surface area contributed by atoms with E-state index < -0.39 is 0 Å². The second-order valence-corrected chi connectivity index (χ2v) is 4.40. The van der Waals surface area contributed by atoms with Gasteiger partial charge < -0.3 is 14.9 Å². The summed E-state index contributed by atoms with van der Waals surface area (Å²) in [4.78, 5) is 6.69. The molecule has 102 valence electrons. The zero-order valence-electron chi connectivity index (χ0n) is 10.7. The molecule has 0 saturated carbocycles. The summed E-state index contributed by atoms with van der Waals surface area (Å²) in [6.45, 7) is 6.07. The molecule has 0 spiro atoms. The summed E-state index contributed by atoms with van der Waals surface area (Å²) >= 11 is 0. The van der Waals surface area contributed by atoms with E-state index >= 15 is 0 Å². The molecule has 0 atom stereocenters. The summed E-state index contributed by atoms with van der Waals surface area (Å²) in [5.41, 5.74) is 0. The first-order valence-corrected chi connectivity index (χ1v) is 6.18. The van der Waals surface area contributed by atoms with Crippen LogP contribution in [0.1, 0.15) is 6.42 Å². The standard InChI is InChI=1S/C11H25N3O3/c1-17-8-2-3-12-9-13(4-6-15)11-14(10-12)5-7-16/h15-16H,2-11H2,1H3. The number of ether oxygens (including phenoxy) is 1. The van der Waals surface area contributed by atoms with Crippen LogP contribution in [0.25, 0.3) is 0 Å². The van der Waals surface area contributed by atoms with Gasteiger partial charge in [0.05, 0.1) is 33.2 Å². The highest BCUT2D eigenvalue weighted by Crippen LogP contribution is 2.07. The van der Waals surface area contributed by atoms with Gasteiger partial charge in [0.15, 0.2) is 0 Å². The number of hydrogen-bond acceptors (Lipinski definition) is 6. The number of hydrogen-bond donors (Lipinski definition) is 2. The van der Waals surface area contributed by atoms with E-state index in [0.29, 0.717) is 13.1 Å². The maximum atomic E-state index is 8.99. The summed E-state index contributed by atoms with van der Waals surface area (Å²) < 4.78 is 5.05. The molecule has 2 N–H and O–H groups in total. The van der Waals surface area contributed by atoms with Crippen molar-refractivity contribution in [2.45, 2.75) is 6.42 Å². The van der Waals surface area contributed by atoms with Gasteiger partial charge >= 0.3 is 0 Å². The molecule has 0 radical (unpaired) electrons. The van der Waals surface area contributed by atoms with Crippen LogP contribution in [0.15, 0.2) is 0 Å². The summed E-state index contributed by atoms with van der Waals surface area (Å²) in [5, 5.41) is 18.0. The molecule has 1 fully saturated rings. The van der Waals surface area contributed by atoms with Crippen LogP contribution in [-0.2, 0) is 4.74 Å². The lowest BCUT2D eigenvalue weighted by atomic mass is 10.4. The third-order valence-electron chi connectivity index (χ3n) is 2.86. The van der Waals surface area contributed by atoms with Gasteiger partial charge in [0, 0.05) is 33.4 Å². The van der Waals surface area contributed by atoms with Crippen LogP contribution in [0, 0.1) is 0 Å². The van der Waals surface area contributed by atoms with Crippen molar-refractivity contribution in [2.24, 2.45) is 0 Å². The number of aliphatic hydroxyl groups is 2. The summed E-state index contributed by atoms with van der Waals surface area (Å²) in [6, 6.07) is 0. The molecule has 1 aliphatic heterocycles. The Morgan fingerprint density at radius 1 is 0.882 bits per heavy atom. The van der Waals surface area contributed by atoms with Crippen molar-refractivity contribution in [1.82, 2.24) is 14.7 Å². The van der Waals surface area contributed by atoms with E-state index in [1.165, 1.54) is 0 Å². The minimum absolute atomic E-state index is 0.179. The van der Waals surface area contributed by atoms with Gasteiger partial charge in [-0.25, -0.2) is 0 Å². The smallest absolute Gasteiger partial charge is 0.0559 e. The average Bonchev–Trinajstić information content (AvgIpc) is 2.30. The topological polar surface area (TPSA) is 59.4 Å². The Morgan fingerprint density at radius 2 is 1.35 bits per heavy atom. The largest absolute Gasteiger partial charge is 0.395 e. The highest BCUT2D eigenvalue weighted by atomic mass is 16.5. The van der Waals surface area contributed by atoms with Gasteiger partial charge in [0.1, 0.15) is 0 Å². The van der Waals surface area contributed by atoms with Crippen LogP contribution >= 0.6 is 0 Å². The fraction of sp³-hybridized carbons (Fsp3) is 1.00. The number of rotatable bonds is 8. The van der Waals surface area contributed by atoms with Gasteiger partial charge in [0.25, 0.3) is 0 Å². The molecule has 0 amide bonds. The van der Waals surface area contributed by atoms with Crippen molar-refractivity contribution >= 4 is 0 Å². The first kappa shape index (κ1) is 14.8. The van der Waals surface area contributed by atoms with E-state index in [1.807, 2.05) is 0 Å². The van der Waals surface area contributed by atoms with Crippen molar-refractivity contribution in [3.05, 3.63) is 0 Å². The van der Waals surface area contributed by atoms with Crippen molar-refractivity contribution in [1.29, 1.82) is 0 Å². The maximum Gasteiger partial charge on any atom is 0.0559 e. The van der Waals surface area contributed by atoms with Gasteiger partial charge in [-0.1, -0.05) is 0 Å². The molecule has 0 aliphatic carbocycles. The van der Waals surface area contributed by atoms with Crippen molar-refractivity contribution in [2.75, 3.05) is 66.6 Å². The second kappa shape index (κ2) is 8.79. The second-order valence-electron chi connectivity index (χ2n) is 4.40. The Morgan fingerprint density at radius 3 is 1.76 bits per heavy atom. The molecule has 0 bridgehead atoms. The molecular formula is C11H25N3O3. The van der Waals surface area contributed by atoms with Crippen molar-refractivity contribution in [3.63, 3.8) is 0 Å². The zero-order chi connectivity index (χ0) is 12.5. The van der Waals surface area contributed by atoms with Crippen molar-refractivity contribution in [3.8, 4) is 0 Å². The van der Waals surface area contributed by atoms with Crippen LogP contribution < -0.4 is 0 Å². The van der Waals surface area contributed by atoms with Crippen LogP contribution in [0.2, 0.25) is 0 Å². The summed E-state index contributed by atoms with van der Waals surface area (Å²) in [7, 11) is 1.71. The maximum absolute atomic E-state index is 8.99. The molecule has 0 aromatic rings. The molecule has 6 nitrogen and oxygen atoms in total. The van der Waals surface area contributed by atoms with E-state index in [0.717, 1.165) is 39.6 Å². The van der Waals surface area contributed by atoms with E-state index in [9.17, 15) is 0 Å². The minimum Gasteiger partial charge on any atom is -0.395 e. The van der Waals surface area contributed by atoms with E-state index in [4.69, 9.17) is 14.9 Å². The molecule has 1 saturated heterocycles. The van der Waals surface area contributed by atoms with Gasteiger partial charge in [-0.2, -0.15) is 0 Å². The third-order valence-corrected chi connectivity index (χ3v) is 2.86. The predicted octanol–water partition coefficient (Wildman–Crippen LogP) is -1.20. The molecule has 6 heteroatoms. The lowest BCUT2D eigenvalue weighted by Gasteiger charge is -2.42. The number of nitrogens with zero attached hydrogens (tertiary/aromatic N) is 3. The normalized spacial score (nSPS) is 19.9. The average molecular weight is 247 g/mol. The number of methoxy groups -OCH3 is 1. The first-order valence-electron chi connectivity index (χ1n) is 6.18. The van der Waals surface area contributed by atoms with Crippen LogP contribution in [-0.4, -0.2) is 91.5 Å². The van der Waals surface area contributed by atoms with Gasteiger partial charge in [-0.05, 0) is 6.42 Å². The Bertz CT molecular complexity index is 181. The highest BCUT2D eigenvalue weighted by Gasteiger charge is 2.21. The predicted molar refractivity (Wildman–Crippen MR) is 65.4 cm³/mol. The SMILES string of the molecule is COCCCN1CN(CCO)CN(CCO)C1. The van der Waals surface area contributed by atoms with E-state index in [2.05, 4.69) is 14.7 Å². The van der Waals surface area contributed by atoms with Gasteiger partial charge in [0.2, 0.25) is 0 Å². The Hall–Kier alpha value is -0.240. The number of aliphatic hydroxyl groups excluding tert-OH is 2. The molecule has 0 unspecified atom stereocenters. The van der Waals surface area contributed by atoms with E-state index in [1.54, 1.807) is 7.11 Å². The third kappa shape index (κ3) is 5.76. The lowest BCUT2D eigenvalue weighted by molar-refractivity contribution is -0.0421. The number of β-amino-alcohol motifs (C(OH)–C–C–N with tert-alkyl or cyclic N) is 2. The Balaban J connectivity index is 2.35. The minimum atomic E-state index is 0.179. The van der Waals surface area contributed by atoms with Crippen LogP contribution in [0.3, 0.4) is 0 Å². The van der Waals surface area contributed by atoms with Gasteiger partial charge in [-0.3, -0.25) is 14.7 Å². The summed E-state index contributed by atoms with van der Waals surface area (Å²) in [5.74, 6) is 0. The molecule has 1 heterocycles. The van der Waals surface area contributed by atoms with Crippen LogP contribution in [0.5, 0.6) is 0 Å². The first-order chi connectivity index (χ1) is 8.30. The van der Waals surface area contributed by atoms with Crippen LogP contribution in [0.4, 0.5) is 0 Å². The molecule has 0 aromatic heterocycles. The molecule has 0 aromatic carbocycles. The quantitative estimate of drug-likeness (QED) is 0.526. The highest BCUT2D eigenvalue weighted by molar-refractivity contribution is 4.69. The van der Waals surface area contributed by atoms with Crippen molar-refractivity contribution < 1.29 is 14.9 Å². The Labute approximate surface area is 103 Å². The van der Waals surface area contributed by atoms with Gasteiger partial charge in [-0.15, -0.1) is 0 Å². The zero-order valence-corrected chi connectivity index (χ0v) is 10.7.